The number of carbonyl (C=O) groups is 3. The van der Waals surface area contributed by atoms with E-state index < -0.39 is 30.1 Å². The summed E-state index contributed by atoms with van der Waals surface area (Å²) in [4.78, 5) is 38.4. The summed E-state index contributed by atoms with van der Waals surface area (Å²) in [5, 5.41) is 12.7. The molecule has 0 bridgehead atoms. The highest BCUT2D eigenvalue weighted by molar-refractivity contribution is 5.81. The van der Waals surface area contributed by atoms with Crippen LogP contribution in [0.5, 0.6) is 11.5 Å². The Morgan fingerprint density at radius 3 is 1.37 bits per heavy atom. The van der Waals surface area contributed by atoms with Gasteiger partial charge in [0.15, 0.2) is 0 Å². The number of ether oxygens (including phenoxy) is 4. The summed E-state index contributed by atoms with van der Waals surface area (Å²) in [6.45, 7) is 0.633. The summed E-state index contributed by atoms with van der Waals surface area (Å²) in [6, 6.07) is 46.6. The third-order valence-electron chi connectivity index (χ3n) is 9.12. The first kappa shape index (κ1) is 39.8. The molecule has 57 heavy (non-hydrogen) atoms. The van der Waals surface area contributed by atoms with Crippen molar-refractivity contribution >= 4 is 18.0 Å². The lowest BCUT2D eigenvalue weighted by atomic mass is 9.95. The van der Waals surface area contributed by atoms with Gasteiger partial charge in [-0.2, -0.15) is 0 Å². The Morgan fingerprint density at radius 2 is 0.930 bits per heavy atom. The molecule has 0 aliphatic carbocycles. The molecular weight excluding hydrogens is 721 g/mol. The summed E-state index contributed by atoms with van der Waals surface area (Å²) in [6.07, 6.45) is -0.826. The van der Waals surface area contributed by atoms with Gasteiger partial charge in [0.25, 0.3) is 0 Å². The van der Waals surface area contributed by atoms with E-state index in [1.807, 2.05) is 152 Å². The van der Waals surface area contributed by atoms with Crippen LogP contribution in [-0.2, 0) is 58.3 Å². The van der Waals surface area contributed by atoms with Gasteiger partial charge in [-0.3, -0.25) is 4.79 Å². The number of carboxylic acids is 1. The number of carbonyl (C=O) groups excluding carboxylic acids is 2. The van der Waals surface area contributed by atoms with Gasteiger partial charge >= 0.3 is 18.0 Å². The molecule has 2 atom stereocenters. The molecule has 1 amide bonds. The summed E-state index contributed by atoms with van der Waals surface area (Å²) >= 11 is 0. The lowest BCUT2D eigenvalue weighted by molar-refractivity contribution is -0.146. The number of benzene rings is 6. The largest absolute Gasteiger partial charge is 0.489 e. The number of rotatable bonds is 18. The maximum atomic E-state index is 13.1. The van der Waals surface area contributed by atoms with E-state index in [1.165, 1.54) is 0 Å². The maximum absolute atomic E-state index is 13.1. The Hall–Kier alpha value is -6.91. The third-order valence-corrected chi connectivity index (χ3v) is 9.12. The smallest absolute Gasteiger partial charge is 0.408 e. The molecule has 10 heteroatoms. The van der Waals surface area contributed by atoms with Gasteiger partial charge in [-0.05, 0) is 68.8 Å². The molecule has 0 aromatic heterocycles. The molecule has 6 aromatic carbocycles. The zero-order valence-electron chi connectivity index (χ0n) is 31.3. The fourth-order valence-corrected chi connectivity index (χ4v) is 6.07. The highest BCUT2D eigenvalue weighted by Gasteiger charge is 2.24. The molecule has 6 aromatic rings. The Balaban J connectivity index is 1.26. The standard InChI is InChI=1S/C47H44N2O8/c48-41(46(52)56-31-35-17-9-3-10-18-35)27-39-25-37(21-23-43(39)54-29-33-13-5-1-6-14-33)38-22-24-44(55-30-34-15-7-2-8-16-34)40(26-38)28-42(45(50)51)49-47(53)57-32-36-19-11-4-12-20-36/h1-26,41-42H,27-32,48H2,(H,49,53)(H,50,51)/t41-,42-/m0/s1. The van der Waals surface area contributed by atoms with E-state index in [9.17, 15) is 19.5 Å². The van der Waals surface area contributed by atoms with Crippen LogP contribution < -0.4 is 20.5 Å². The lowest BCUT2D eigenvalue weighted by Crippen LogP contribution is -2.42. The predicted octanol–water partition coefficient (Wildman–Crippen LogP) is 8.05. The second-order valence-electron chi connectivity index (χ2n) is 13.4. The first-order valence-electron chi connectivity index (χ1n) is 18.6. The van der Waals surface area contributed by atoms with Crippen molar-refractivity contribution in [1.82, 2.24) is 5.32 Å². The summed E-state index contributed by atoms with van der Waals surface area (Å²) in [7, 11) is 0. The van der Waals surface area contributed by atoms with E-state index in [0.717, 1.165) is 33.4 Å². The number of esters is 1. The number of nitrogens with two attached hydrogens (primary N) is 1. The Bertz CT molecular complexity index is 2220. The Kier molecular flexibility index (Phi) is 14.0. The molecule has 0 saturated carbocycles. The highest BCUT2D eigenvalue weighted by Crippen LogP contribution is 2.32. The molecule has 0 heterocycles. The number of nitrogens with one attached hydrogen (secondary N) is 1. The van der Waals surface area contributed by atoms with Crippen LogP contribution in [-0.4, -0.2) is 35.2 Å². The van der Waals surface area contributed by atoms with E-state index in [4.69, 9.17) is 24.7 Å². The second kappa shape index (κ2) is 20.1. The van der Waals surface area contributed by atoms with E-state index in [-0.39, 0.29) is 32.7 Å². The lowest BCUT2D eigenvalue weighted by Gasteiger charge is -2.19. The number of amides is 1. The van der Waals surface area contributed by atoms with Crippen LogP contribution in [0.1, 0.15) is 33.4 Å². The number of alkyl carbamates (subject to hydrolysis) is 1. The number of aliphatic carboxylic acids is 1. The van der Waals surface area contributed by atoms with Crippen molar-refractivity contribution in [2.45, 2.75) is 51.4 Å². The van der Waals surface area contributed by atoms with Gasteiger partial charge in [-0.15, -0.1) is 0 Å². The van der Waals surface area contributed by atoms with Crippen LogP contribution in [0.3, 0.4) is 0 Å². The number of carboxylic acid groups (broad SMARTS) is 1. The van der Waals surface area contributed by atoms with E-state index in [1.54, 1.807) is 6.07 Å². The molecule has 0 aliphatic heterocycles. The van der Waals surface area contributed by atoms with Gasteiger partial charge in [-0.25, -0.2) is 9.59 Å². The molecule has 0 unspecified atom stereocenters. The second-order valence-corrected chi connectivity index (χ2v) is 13.4. The van der Waals surface area contributed by atoms with Crippen LogP contribution in [0, 0.1) is 0 Å². The molecule has 6 rings (SSSR count). The molecule has 0 spiro atoms. The van der Waals surface area contributed by atoms with Crippen molar-refractivity contribution in [2.75, 3.05) is 0 Å². The van der Waals surface area contributed by atoms with Gasteiger partial charge in [0, 0.05) is 12.8 Å². The van der Waals surface area contributed by atoms with E-state index >= 15 is 0 Å². The predicted molar refractivity (Wildman–Crippen MR) is 216 cm³/mol. The van der Waals surface area contributed by atoms with Crippen molar-refractivity contribution in [3.63, 3.8) is 0 Å². The SMILES string of the molecule is N[C@@H](Cc1cc(-c2ccc(OCc3ccccc3)c(C[C@H](NC(=O)OCc3ccccc3)C(=O)O)c2)ccc1OCc1ccccc1)C(=O)OCc1ccccc1. The fraction of sp³-hybridized carbons (Fsp3) is 0.170. The molecule has 0 aliphatic rings. The zero-order chi connectivity index (χ0) is 39.8. The number of hydrogen-bond donors (Lipinski definition) is 3. The summed E-state index contributed by atoms with van der Waals surface area (Å²) in [5.41, 5.74) is 12.7. The average Bonchev–Trinajstić information content (AvgIpc) is 3.25. The van der Waals surface area contributed by atoms with Crippen molar-refractivity contribution in [1.29, 1.82) is 0 Å². The summed E-state index contributed by atoms with van der Waals surface area (Å²) < 4.78 is 23.4. The molecule has 0 radical (unpaired) electrons. The molecule has 4 N–H and O–H groups in total. The Morgan fingerprint density at radius 1 is 0.526 bits per heavy atom. The minimum atomic E-state index is -1.33. The van der Waals surface area contributed by atoms with Gasteiger partial charge in [0.05, 0.1) is 0 Å². The minimum Gasteiger partial charge on any atom is -0.489 e. The molecule has 0 fully saturated rings. The monoisotopic (exact) mass is 764 g/mol. The van der Waals surface area contributed by atoms with Crippen LogP contribution in [0.15, 0.2) is 158 Å². The zero-order valence-corrected chi connectivity index (χ0v) is 31.3. The Labute approximate surface area is 331 Å². The normalized spacial score (nSPS) is 11.8. The first-order chi connectivity index (χ1) is 27.8. The van der Waals surface area contributed by atoms with E-state index in [0.29, 0.717) is 29.2 Å². The van der Waals surface area contributed by atoms with Crippen LogP contribution >= 0.6 is 0 Å². The van der Waals surface area contributed by atoms with Crippen molar-refractivity contribution in [3.05, 3.63) is 191 Å². The third kappa shape index (κ3) is 12.0. The highest BCUT2D eigenvalue weighted by atomic mass is 16.5. The van der Waals surface area contributed by atoms with Gasteiger partial charge < -0.3 is 35.1 Å². The fourth-order valence-electron chi connectivity index (χ4n) is 6.07. The van der Waals surface area contributed by atoms with E-state index in [2.05, 4.69) is 5.32 Å². The quantitative estimate of drug-likeness (QED) is 0.0740. The van der Waals surface area contributed by atoms with Crippen molar-refractivity contribution < 1.29 is 38.4 Å². The minimum absolute atomic E-state index is 0.0122. The van der Waals surface area contributed by atoms with Crippen LogP contribution in [0.25, 0.3) is 11.1 Å². The molecule has 10 nitrogen and oxygen atoms in total. The van der Waals surface area contributed by atoms with Gasteiger partial charge in [0.1, 0.15) is 50.0 Å². The van der Waals surface area contributed by atoms with Crippen molar-refractivity contribution in [2.24, 2.45) is 5.73 Å². The molecule has 0 saturated heterocycles. The van der Waals surface area contributed by atoms with Crippen LogP contribution in [0.4, 0.5) is 4.79 Å². The first-order valence-corrected chi connectivity index (χ1v) is 18.6. The average molecular weight is 765 g/mol. The summed E-state index contributed by atoms with van der Waals surface area (Å²) in [5.74, 6) is -0.767. The van der Waals surface area contributed by atoms with Crippen molar-refractivity contribution in [3.8, 4) is 22.6 Å². The maximum Gasteiger partial charge on any atom is 0.408 e. The molecule has 290 valence electrons. The van der Waals surface area contributed by atoms with Crippen LogP contribution in [0.2, 0.25) is 0 Å². The number of hydrogen-bond acceptors (Lipinski definition) is 8. The topological polar surface area (TPSA) is 146 Å². The van der Waals surface area contributed by atoms with Gasteiger partial charge in [-0.1, -0.05) is 133 Å². The molecular formula is C47H44N2O8. The van der Waals surface area contributed by atoms with Gasteiger partial charge in [0.2, 0.25) is 0 Å².